The standard InChI is InChI=1S/C31H37Cl2N3O6S/c1-6-7-16-34-31(38)22(3)35(19-23-10-11-24(32)17-27(23)33)30(37)20-36(28-18-25(41-4)12-15-29(28)42-5)43(39,40)26-13-8-21(2)9-14-26/h8-15,17-18,22H,6-7,16,19-20H2,1-5H3,(H,34,38)/t22-/m1/s1. The van der Waals surface area contributed by atoms with E-state index in [2.05, 4.69) is 5.32 Å². The van der Waals surface area contributed by atoms with Gasteiger partial charge < -0.3 is 19.7 Å². The van der Waals surface area contributed by atoms with E-state index >= 15 is 0 Å². The summed E-state index contributed by atoms with van der Waals surface area (Å²) in [6.45, 7) is 5.17. The molecule has 0 unspecified atom stereocenters. The Hall–Kier alpha value is -3.47. The number of nitrogens with zero attached hydrogens (tertiary/aromatic N) is 2. The summed E-state index contributed by atoms with van der Waals surface area (Å²) in [6, 6.07) is 14.9. The Morgan fingerprint density at radius 3 is 2.28 bits per heavy atom. The maximum absolute atomic E-state index is 14.2. The van der Waals surface area contributed by atoms with Gasteiger partial charge in [-0.05, 0) is 62.2 Å². The second-order valence-electron chi connectivity index (χ2n) is 9.94. The summed E-state index contributed by atoms with van der Waals surface area (Å²) in [7, 11) is -1.45. The van der Waals surface area contributed by atoms with E-state index in [1.54, 1.807) is 49.4 Å². The third-order valence-corrected chi connectivity index (χ3v) is 9.26. The fraction of sp³-hybridized carbons (Fsp3) is 0.355. The fourth-order valence-corrected chi connectivity index (χ4v) is 6.18. The Balaban J connectivity index is 2.11. The van der Waals surface area contributed by atoms with E-state index in [1.807, 2.05) is 13.8 Å². The second kappa shape index (κ2) is 15.3. The molecule has 1 N–H and O–H groups in total. The van der Waals surface area contributed by atoms with Gasteiger partial charge in [0.2, 0.25) is 11.8 Å². The van der Waals surface area contributed by atoms with Crippen molar-refractivity contribution in [1.29, 1.82) is 0 Å². The van der Waals surface area contributed by atoms with Gasteiger partial charge in [-0.15, -0.1) is 0 Å². The molecule has 2 amide bonds. The van der Waals surface area contributed by atoms with Crippen LogP contribution in [-0.2, 0) is 26.2 Å². The van der Waals surface area contributed by atoms with Gasteiger partial charge >= 0.3 is 0 Å². The van der Waals surface area contributed by atoms with E-state index in [-0.39, 0.29) is 28.8 Å². The largest absolute Gasteiger partial charge is 0.497 e. The highest BCUT2D eigenvalue weighted by Gasteiger charge is 2.34. The summed E-state index contributed by atoms with van der Waals surface area (Å²) in [5.74, 6) is -0.439. The molecule has 3 rings (SSSR count). The Kier molecular flexibility index (Phi) is 12.1. The highest BCUT2D eigenvalue weighted by molar-refractivity contribution is 7.92. The van der Waals surface area contributed by atoms with Crippen LogP contribution in [-0.4, -0.2) is 58.5 Å². The lowest BCUT2D eigenvalue weighted by Crippen LogP contribution is -2.51. The van der Waals surface area contributed by atoms with E-state index in [0.717, 1.165) is 22.7 Å². The molecule has 0 saturated carbocycles. The topological polar surface area (TPSA) is 105 Å². The number of nitrogens with one attached hydrogen (secondary N) is 1. The number of amides is 2. The molecule has 0 saturated heterocycles. The maximum Gasteiger partial charge on any atom is 0.264 e. The van der Waals surface area contributed by atoms with Gasteiger partial charge in [-0.3, -0.25) is 13.9 Å². The van der Waals surface area contributed by atoms with Crippen molar-refractivity contribution >= 4 is 50.7 Å². The van der Waals surface area contributed by atoms with Crippen molar-refractivity contribution in [2.75, 3.05) is 31.6 Å². The van der Waals surface area contributed by atoms with Crippen LogP contribution in [0, 0.1) is 6.92 Å². The van der Waals surface area contributed by atoms with Crippen molar-refractivity contribution in [3.63, 3.8) is 0 Å². The van der Waals surface area contributed by atoms with Crippen molar-refractivity contribution in [3.05, 3.63) is 81.8 Å². The van der Waals surface area contributed by atoms with Crippen LogP contribution in [0.2, 0.25) is 10.0 Å². The SMILES string of the molecule is CCCCNC(=O)[C@@H](C)N(Cc1ccc(Cl)cc1Cl)C(=O)CN(c1cc(OC)ccc1OC)S(=O)(=O)c1ccc(C)cc1. The molecule has 0 bridgehead atoms. The highest BCUT2D eigenvalue weighted by Crippen LogP contribution is 2.36. The molecule has 0 aliphatic rings. The molecular weight excluding hydrogens is 613 g/mol. The summed E-state index contributed by atoms with van der Waals surface area (Å²) >= 11 is 12.5. The van der Waals surface area contributed by atoms with Crippen molar-refractivity contribution in [2.24, 2.45) is 0 Å². The number of hydrogen-bond donors (Lipinski definition) is 1. The quantitative estimate of drug-likeness (QED) is 0.220. The molecule has 3 aromatic rings. The van der Waals surface area contributed by atoms with Gasteiger partial charge in [0.15, 0.2) is 0 Å². The number of sulfonamides is 1. The number of aryl methyl sites for hydroxylation is 1. The Morgan fingerprint density at radius 2 is 1.67 bits per heavy atom. The number of anilines is 1. The third kappa shape index (κ3) is 8.55. The zero-order chi connectivity index (χ0) is 31.7. The molecular formula is C31H37Cl2N3O6S. The smallest absolute Gasteiger partial charge is 0.264 e. The van der Waals surface area contributed by atoms with E-state index in [4.69, 9.17) is 32.7 Å². The molecule has 0 aliphatic carbocycles. The zero-order valence-corrected chi connectivity index (χ0v) is 27.2. The summed E-state index contributed by atoms with van der Waals surface area (Å²) in [6.07, 6.45) is 1.65. The molecule has 43 heavy (non-hydrogen) atoms. The van der Waals surface area contributed by atoms with Crippen LogP contribution in [0.25, 0.3) is 0 Å². The number of rotatable bonds is 14. The monoisotopic (exact) mass is 649 g/mol. The predicted octanol–water partition coefficient (Wildman–Crippen LogP) is 5.85. The minimum Gasteiger partial charge on any atom is -0.497 e. The fourth-order valence-electron chi connectivity index (χ4n) is 4.29. The normalized spacial score (nSPS) is 11.9. The van der Waals surface area contributed by atoms with Crippen molar-refractivity contribution in [3.8, 4) is 11.5 Å². The van der Waals surface area contributed by atoms with Crippen molar-refractivity contribution < 1.29 is 27.5 Å². The van der Waals surface area contributed by atoms with E-state index in [0.29, 0.717) is 27.9 Å². The predicted molar refractivity (Wildman–Crippen MR) is 170 cm³/mol. The van der Waals surface area contributed by atoms with Gasteiger partial charge in [-0.25, -0.2) is 8.42 Å². The van der Waals surface area contributed by atoms with E-state index in [1.165, 1.54) is 37.3 Å². The van der Waals surface area contributed by atoms with E-state index < -0.39 is 28.5 Å². The molecule has 1 atom stereocenters. The van der Waals surface area contributed by atoms with Gasteiger partial charge in [0, 0.05) is 29.2 Å². The second-order valence-corrected chi connectivity index (χ2v) is 12.6. The van der Waals surface area contributed by atoms with Crippen LogP contribution in [0.1, 0.15) is 37.8 Å². The number of ether oxygens (including phenoxy) is 2. The lowest BCUT2D eigenvalue weighted by atomic mass is 10.1. The Labute approximate surface area is 263 Å². The van der Waals surface area contributed by atoms with Crippen LogP contribution in [0.15, 0.2) is 65.6 Å². The number of hydrogen-bond acceptors (Lipinski definition) is 6. The molecule has 0 radical (unpaired) electrons. The molecule has 0 aliphatic heterocycles. The number of unbranched alkanes of at least 4 members (excludes halogenated alkanes) is 1. The van der Waals surface area contributed by atoms with Crippen LogP contribution in [0.4, 0.5) is 5.69 Å². The van der Waals surface area contributed by atoms with E-state index in [9.17, 15) is 18.0 Å². The number of carbonyl (C=O) groups excluding carboxylic acids is 2. The summed E-state index contributed by atoms with van der Waals surface area (Å²) in [5.41, 5.74) is 1.51. The summed E-state index contributed by atoms with van der Waals surface area (Å²) in [4.78, 5) is 28.6. The number of methoxy groups -OCH3 is 2. The first-order chi connectivity index (χ1) is 20.4. The molecule has 0 heterocycles. The van der Waals surface area contributed by atoms with Gasteiger partial charge in [-0.2, -0.15) is 0 Å². The van der Waals surface area contributed by atoms with Crippen LogP contribution < -0.4 is 19.1 Å². The zero-order valence-electron chi connectivity index (χ0n) is 24.9. The molecule has 0 spiro atoms. The van der Waals surface area contributed by atoms with Gasteiger partial charge in [0.25, 0.3) is 10.0 Å². The molecule has 12 heteroatoms. The average molecular weight is 651 g/mol. The average Bonchev–Trinajstić information content (AvgIpc) is 2.98. The summed E-state index contributed by atoms with van der Waals surface area (Å²) in [5, 5.41) is 3.57. The first-order valence-corrected chi connectivity index (χ1v) is 15.9. The summed E-state index contributed by atoms with van der Waals surface area (Å²) < 4.78 is 40.1. The number of halogens is 2. The first kappa shape index (κ1) is 34.0. The van der Waals surface area contributed by atoms with Gasteiger partial charge in [-0.1, -0.05) is 60.3 Å². The van der Waals surface area contributed by atoms with Gasteiger partial charge in [0.1, 0.15) is 24.1 Å². The van der Waals surface area contributed by atoms with Gasteiger partial charge in [0.05, 0.1) is 24.8 Å². The molecule has 0 aromatic heterocycles. The highest BCUT2D eigenvalue weighted by atomic mass is 35.5. The first-order valence-electron chi connectivity index (χ1n) is 13.8. The number of carbonyl (C=O) groups is 2. The third-order valence-electron chi connectivity index (χ3n) is 6.90. The minimum absolute atomic E-state index is 0.0200. The maximum atomic E-state index is 14.2. The molecule has 232 valence electrons. The van der Waals surface area contributed by atoms with Crippen LogP contribution in [0.3, 0.4) is 0 Å². The van der Waals surface area contributed by atoms with Crippen LogP contribution >= 0.6 is 23.2 Å². The number of benzene rings is 3. The minimum atomic E-state index is -4.30. The lowest BCUT2D eigenvalue weighted by Gasteiger charge is -2.32. The Bertz CT molecular complexity index is 1530. The lowest BCUT2D eigenvalue weighted by molar-refractivity contribution is -0.139. The van der Waals surface area contributed by atoms with Crippen molar-refractivity contribution in [1.82, 2.24) is 10.2 Å². The molecule has 3 aromatic carbocycles. The molecule has 0 fully saturated rings. The van der Waals surface area contributed by atoms with Crippen molar-refractivity contribution in [2.45, 2.75) is 51.1 Å². The molecule has 9 nitrogen and oxygen atoms in total. The van der Waals surface area contributed by atoms with Crippen LogP contribution in [0.5, 0.6) is 11.5 Å². The Morgan fingerprint density at radius 1 is 0.977 bits per heavy atom.